The van der Waals surface area contributed by atoms with Crippen LogP contribution in [0.25, 0.3) is 54.2 Å². The van der Waals surface area contributed by atoms with Gasteiger partial charge < -0.3 is 0 Å². The summed E-state index contributed by atoms with van der Waals surface area (Å²) >= 11 is 0. The van der Waals surface area contributed by atoms with E-state index in [1.54, 1.807) is 6.07 Å². The van der Waals surface area contributed by atoms with Gasteiger partial charge in [0.2, 0.25) is 12.4 Å². The lowest BCUT2D eigenvalue weighted by molar-refractivity contribution is 0.629. The normalized spacial score (nSPS) is 12.7. The number of nitriles is 2. The van der Waals surface area contributed by atoms with Gasteiger partial charge in [0, 0.05) is 21.5 Å². The second-order valence-electron chi connectivity index (χ2n) is 8.38. The fourth-order valence-electron chi connectivity index (χ4n) is 4.92. The van der Waals surface area contributed by atoms with E-state index in [1.165, 1.54) is 17.7 Å². The van der Waals surface area contributed by atoms with E-state index in [4.69, 9.17) is 0 Å². The van der Waals surface area contributed by atoms with Gasteiger partial charge in [-0.15, -0.1) is 0 Å². The number of hydrogen-bond donors (Lipinski definition) is 0. The molecule has 0 saturated heterocycles. The van der Waals surface area contributed by atoms with Crippen molar-refractivity contribution in [1.29, 1.82) is 10.5 Å². The summed E-state index contributed by atoms with van der Waals surface area (Å²) in [5.74, 6) is -0.384. The molecule has 0 fully saturated rings. The third kappa shape index (κ3) is 2.81. The standard InChI is InChI=1S/C29H15FN4/c1-16-2-4-17(5-3-16)18-6-8-20-22-12-27-23(13-26(22)28(33-14-31)24(20)10-18)21-9-7-19(30)11-25(21)29(27)34-15-32/h2-13H,1H3. The maximum absolute atomic E-state index is 14.0. The maximum Gasteiger partial charge on any atom is 0.206 e. The lowest BCUT2D eigenvalue weighted by Gasteiger charge is -2.03. The summed E-state index contributed by atoms with van der Waals surface area (Å²) in [7, 11) is 0. The van der Waals surface area contributed by atoms with Crippen molar-refractivity contribution in [2.24, 2.45) is 9.98 Å². The molecule has 0 saturated carbocycles. The summed E-state index contributed by atoms with van der Waals surface area (Å²) in [5.41, 5.74) is 3.31. The van der Waals surface area contributed by atoms with Crippen molar-refractivity contribution in [2.45, 2.75) is 6.92 Å². The third-order valence-electron chi connectivity index (χ3n) is 6.47. The molecule has 0 bridgehead atoms. The first kappa shape index (κ1) is 19.8. The van der Waals surface area contributed by atoms with Gasteiger partial charge in [0.15, 0.2) is 0 Å². The van der Waals surface area contributed by atoms with Crippen molar-refractivity contribution >= 4 is 43.1 Å². The lowest BCUT2D eigenvalue weighted by atomic mass is 10.0. The Bertz CT molecular complexity index is 1990. The first-order chi connectivity index (χ1) is 16.6. The van der Waals surface area contributed by atoms with E-state index >= 15 is 0 Å². The van der Waals surface area contributed by atoms with Crippen LogP contribution in [0.15, 0.2) is 82.8 Å². The van der Waals surface area contributed by atoms with Gasteiger partial charge in [-0.05, 0) is 69.9 Å². The van der Waals surface area contributed by atoms with Gasteiger partial charge in [0.05, 0.1) is 10.7 Å². The SMILES string of the molecule is Cc1ccc(-c2ccc3c(c2)c(=NC#N)c2cc4c(cc23)c(=NC#N)c2cc(F)ccc24)cc1. The van der Waals surface area contributed by atoms with Crippen LogP contribution in [0.4, 0.5) is 4.39 Å². The third-order valence-corrected chi connectivity index (χ3v) is 6.47. The van der Waals surface area contributed by atoms with Crippen LogP contribution in [0.3, 0.4) is 0 Å². The van der Waals surface area contributed by atoms with Crippen LogP contribution < -0.4 is 10.7 Å². The highest BCUT2D eigenvalue weighted by molar-refractivity contribution is 6.21. The first-order valence-corrected chi connectivity index (χ1v) is 10.7. The molecule has 0 heterocycles. The molecule has 0 aliphatic rings. The van der Waals surface area contributed by atoms with Crippen molar-refractivity contribution in [3.63, 3.8) is 0 Å². The number of benzene rings is 4. The van der Waals surface area contributed by atoms with Crippen molar-refractivity contribution in [3.8, 4) is 23.5 Å². The van der Waals surface area contributed by atoms with Gasteiger partial charge in [0.25, 0.3) is 0 Å². The molecule has 6 rings (SSSR count). The molecule has 6 aromatic carbocycles. The Balaban J connectivity index is 1.77. The maximum atomic E-state index is 14.0. The van der Waals surface area contributed by atoms with Gasteiger partial charge in [0.1, 0.15) is 5.82 Å². The highest BCUT2D eigenvalue weighted by atomic mass is 19.1. The molecule has 0 atom stereocenters. The molecule has 34 heavy (non-hydrogen) atoms. The zero-order chi connectivity index (χ0) is 23.4. The number of nitrogens with zero attached hydrogens (tertiary/aromatic N) is 4. The Morgan fingerprint density at radius 1 is 0.559 bits per heavy atom. The zero-order valence-electron chi connectivity index (χ0n) is 18.1. The molecule has 4 nitrogen and oxygen atoms in total. The van der Waals surface area contributed by atoms with Crippen LogP contribution in [-0.2, 0) is 0 Å². The predicted molar refractivity (Wildman–Crippen MR) is 131 cm³/mol. The van der Waals surface area contributed by atoms with Gasteiger partial charge in [-0.1, -0.05) is 48.0 Å². The second-order valence-corrected chi connectivity index (χ2v) is 8.38. The first-order valence-electron chi connectivity index (χ1n) is 10.7. The van der Waals surface area contributed by atoms with Crippen LogP contribution in [-0.4, -0.2) is 0 Å². The summed E-state index contributed by atoms with van der Waals surface area (Å²) in [6.45, 7) is 2.05. The van der Waals surface area contributed by atoms with E-state index in [0.717, 1.165) is 48.8 Å². The van der Waals surface area contributed by atoms with E-state index in [9.17, 15) is 14.9 Å². The van der Waals surface area contributed by atoms with Crippen LogP contribution in [0.1, 0.15) is 5.56 Å². The van der Waals surface area contributed by atoms with E-state index < -0.39 is 0 Å². The molecule has 5 heteroatoms. The fourth-order valence-corrected chi connectivity index (χ4v) is 4.92. The summed E-state index contributed by atoms with van der Waals surface area (Å²) in [5, 5.41) is 26.4. The van der Waals surface area contributed by atoms with Gasteiger partial charge in [-0.2, -0.15) is 20.5 Å². The molecule has 0 spiro atoms. The average molecular weight is 438 g/mol. The minimum atomic E-state index is -0.384. The summed E-state index contributed by atoms with van der Waals surface area (Å²) in [6, 6.07) is 22.9. The largest absolute Gasteiger partial charge is 0.207 e. The van der Waals surface area contributed by atoms with Crippen LogP contribution in [0, 0.1) is 35.7 Å². The van der Waals surface area contributed by atoms with Crippen molar-refractivity contribution in [2.75, 3.05) is 0 Å². The Labute approximate surface area is 193 Å². The quantitative estimate of drug-likeness (QED) is 0.293. The predicted octanol–water partition coefficient (Wildman–Crippen LogP) is 6.05. The fraction of sp³-hybridized carbons (Fsp3) is 0.0345. The van der Waals surface area contributed by atoms with Gasteiger partial charge >= 0.3 is 0 Å². The topological polar surface area (TPSA) is 72.3 Å². The number of aryl methyl sites for hydroxylation is 1. The minimum Gasteiger partial charge on any atom is -0.207 e. The van der Waals surface area contributed by atoms with Gasteiger partial charge in [-0.3, -0.25) is 0 Å². The van der Waals surface area contributed by atoms with Crippen LogP contribution in [0.5, 0.6) is 0 Å². The molecule has 0 aliphatic heterocycles. The van der Waals surface area contributed by atoms with E-state index in [-0.39, 0.29) is 5.82 Å². The Kier molecular flexibility index (Phi) is 4.27. The Morgan fingerprint density at radius 3 is 1.65 bits per heavy atom. The average Bonchev–Trinajstić information content (AvgIpc) is 3.30. The van der Waals surface area contributed by atoms with Crippen molar-refractivity contribution < 1.29 is 4.39 Å². The molecular weight excluding hydrogens is 423 g/mol. The summed E-state index contributed by atoms with van der Waals surface area (Å²) in [4.78, 5) is 8.20. The zero-order valence-corrected chi connectivity index (χ0v) is 18.1. The number of halogens is 1. The van der Waals surface area contributed by atoms with Crippen molar-refractivity contribution in [1.82, 2.24) is 0 Å². The highest BCUT2D eigenvalue weighted by Gasteiger charge is 2.16. The lowest BCUT2D eigenvalue weighted by Crippen LogP contribution is -1.99. The molecule has 0 unspecified atom stereocenters. The molecule has 6 aromatic rings. The second kappa shape index (κ2) is 7.33. The molecule has 0 aliphatic carbocycles. The highest BCUT2D eigenvalue weighted by Crippen LogP contribution is 2.34. The van der Waals surface area contributed by atoms with E-state index in [0.29, 0.717) is 16.1 Å². The Hall–Kier alpha value is -4.87. The number of hydrogen-bond acceptors (Lipinski definition) is 4. The van der Waals surface area contributed by atoms with Crippen LogP contribution in [0.2, 0.25) is 0 Å². The summed E-state index contributed by atoms with van der Waals surface area (Å²) < 4.78 is 14.0. The molecule has 0 aromatic heterocycles. The minimum absolute atomic E-state index is 0.384. The molecule has 0 N–H and O–H groups in total. The van der Waals surface area contributed by atoms with E-state index in [1.807, 2.05) is 30.6 Å². The van der Waals surface area contributed by atoms with Crippen molar-refractivity contribution in [3.05, 3.63) is 94.9 Å². The Morgan fingerprint density at radius 2 is 1.06 bits per heavy atom. The van der Waals surface area contributed by atoms with E-state index in [2.05, 4.69) is 53.3 Å². The molecule has 0 radical (unpaired) electrons. The number of rotatable bonds is 1. The van der Waals surface area contributed by atoms with Crippen LogP contribution >= 0.6 is 0 Å². The smallest absolute Gasteiger partial charge is 0.206 e. The molecule has 0 amide bonds. The number of fused-ring (bicyclic) bond motifs is 6. The van der Waals surface area contributed by atoms with Gasteiger partial charge in [-0.25, -0.2) is 4.39 Å². The summed E-state index contributed by atoms with van der Waals surface area (Å²) in [6.07, 6.45) is 3.81. The monoisotopic (exact) mass is 438 g/mol. The molecule has 158 valence electrons. The molecular formula is C29H15FN4.